The highest BCUT2D eigenvalue weighted by molar-refractivity contribution is 7.86. The van der Waals surface area contributed by atoms with Gasteiger partial charge in [0.05, 0.1) is 56.3 Å². The molecule has 10 N–H and O–H groups in total. The number of hydrogen-bond donors (Lipinski definition) is 8. The van der Waals surface area contributed by atoms with Crippen molar-refractivity contribution in [1.29, 1.82) is 0 Å². The van der Waals surface area contributed by atoms with Crippen LogP contribution in [0.15, 0.2) is 204 Å². The smallest absolute Gasteiger partial charge is 0.296 e. The molecule has 376 valence electrons. The van der Waals surface area contributed by atoms with Gasteiger partial charge in [-0.25, -0.2) is 0 Å². The average Bonchev–Trinajstić information content (AvgIpc) is 3.34. The molecule has 0 fully saturated rings. The van der Waals surface area contributed by atoms with Gasteiger partial charge in [0.2, 0.25) is 0 Å². The molecule has 0 radical (unpaired) electrons. The zero-order chi connectivity index (χ0) is 53.3. The summed E-state index contributed by atoms with van der Waals surface area (Å²) in [6.45, 7) is 0. The fraction of sp³-hybridized carbons (Fsp3) is 0. The monoisotopic (exact) mass is 1080 g/mol. The van der Waals surface area contributed by atoms with Crippen LogP contribution in [0.5, 0.6) is 11.5 Å². The largest absolute Gasteiger partial charge is 0.505 e. The van der Waals surface area contributed by atoms with Gasteiger partial charge < -0.3 is 21.7 Å². The Hall–Kier alpha value is -8.88. The fourth-order valence-corrected chi connectivity index (χ4v) is 9.57. The third-order valence-corrected chi connectivity index (χ3v) is 13.8. The Morgan fingerprint density at radius 1 is 0.311 bits per heavy atom. The van der Waals surface area contributed by atoms with E-state index >= 15 is 0 Å². The van der Waals surface area contributed by atoms with Crippen LogP contribution in [0.2, 0.25) is 0 Å². The van der Waals surface area contributed by atoms with Crippen molar-refractivity contribution in [1.82, 2.24) is 0 Å². The third kappa shape index (κ3) is 11.1. The van der Waals surface area contributed by atoms with E-state index in [9.17, 15) is 62.1 Å². The summed E-state index contributed by atoms with van der Waals surface area (Å²) < 4.78 is 140. The minimum absolute atomic E-state index is 0.0720. The van der Waals surface area contributed by atoms with Crippen molar-refractivity contribution in [3.8, 4) is 11.5 Å². The Bertz CT molecular complexity index is 3940. The van der Waals surface area contributed by atoms with E-state index in [1.165, 1.54) is 72.8 Å². The Balaban J connectivity index is 1.05. The number of rotatable bonds is 14. The topological polar surface area (TPSA) is 434 Å². The highest BCUT2D eigenvalue weighted by atomic mass is 32.2. The Labute approximate surface area is 417 Å². The number of nitrogens with zero attached hydrogens (tertiary/aromatic N) is 10. The molecule has 0 saturated carbocycles. The highest BCUT2D eigenvalue weighted by Gasteiger charge is 2.30. The van der Waals surface area contributed by atoms with Crippen LogP contribution in [0.1, 0.15) is 0 Å². The summed E-state index contributed by atoms with van der Waals surface area (Å²) in [6.07, 6.45) is 0. The second-order valence-electron chi connectivity index (χ2n) is 15.2. The molecular weight excluding hydrogens is 1050 g/mol. The summed E-state index contributed by atoms with van der Waals surface area (Å²) in [6, 6.07) is 30.3. The molecule has 74 heavy (non-hydrogen) atoms. The molecule has 0 aliphatic carbocycles. The van der Waals surface area contributed by atoms with Crippen LogP contribution in [0.4, 0.5) is 68.2 Å². The maximum atomic E-state index is 12.5. The Morgan fingerprint density at radius 3 is 0.784 bits per heavy atom. The summed E-state index contributed by atoms with van der Waals surface area (Å²) in [7, 11) is -20.5. The molecule has 0 heterocycles. The lowest BCUT2D eigenvalue weighted by atomic mass is 10.1. The van der Waals surface area contributed by atoms with E-state index in [0.717, 1.165) is 24.3 Å². The summed E-state index contributed by atoms with van der Waals surface area (Å²) in [4.78, 5) is -3.77. The van der Waals surface area contributed by atoms with Gasteiger partial charge in [0.15, 0.2) is 11.5 Å². The molecule has 0 bridgehead atoms. The van der Waals surface area contributed by atoms with E-state index in [4.69, 9.17) is 11.5 Å². The van der Waals surface area contributed by atoms with Crippen molar-refractivity contribution in [2.45, 2.75) is 19.6 Å². The standard InChI is InChI=1S/C44H32N12O14S4/c45-37-35-23(19-31(71(59,60)61)39(37)53-49-25-7-3-1-4-8-25)22-34(74(68,69)70)42(44(35)58)56-52-30-17-13-28(14-18-30)48-47-27-11-15-29(16-12-27)51-54-40-32(72(62,63)64)20-24-21-33(73(65,66)67)41(43(57)36(24)38(40)46)55-50-26-9-5-2-6-10-26/h1-22,57-58H,45-46H2,(H,59,60,61)(H,62,63,64)(H,65,66,67)(H,68,69,70). The summed E-state index contributed by atoms with van der Waals surface area (Å²) in [5, 5.41) is 60.7. The van der Waals surface area contributed by atoms with E-state index in [1.807, 2.05) is 0 Å². The lowest BCUT2D eigenvalue weighted by Crippen LogP contribution is -2.03. The Morgan fingerprint density at radius 2 is 0.527 bits per heavy atom. The predicted molar refractivity (Wildman–Crippen MR) is 266 cm³/mol. The normalized spacial score (nSPS) is 13.0. The molecule has 0 atom stereocenters. The minimum atomic E-state index is -5.18. The van der Waals surface area contributed by atoms with Crippen molar-refractivity contribution < 1.29 is 62.1 Å². The van der Waals surface area contributed by atoms with Gasteiger partial charge in [-0.2, -0.15) is 64.4 Å². The van der Waals surface area contributed by atoms with E-state index < -0.39 is 106 Å². The lowest BCUT2D eigenvalue weighted by molar-refractivity contribution is 0.471. The molecular formula is C44H32N12O14S4. The van der Waals surface area contributed by atoms with Crippen molar-refractivity contribution in [3.05, 3.63) is 133 Å². The SMILES string of the molecule is Nc1c(N=Nc2ccc(N=Nc3ccc(N=Nc4c(S(=O)(=O)O)cc5cc(S(=O)(=O)O)c(N=Nc6ccccc6)c(N)c5c4O)cc3)cc2)c(S(=O)(=O)O)cc2cc(S(=O)(=O)O)c(N=Nc3ccccc3)c(O)c12. The van der Waals surface area contributed by atoms with Gasteiger partial charge in [-0.05, 0) is 108 Å². The van der Waals surface area contributed by atoms with Crippen molar-refractivity contribution in [2.75, 3.05) is 11.5 Å². The number of fused-ring (bicyclic) bond motifs is 2. The fourth-order valence-electron chi connectivity index (χ4n) is 6.92. The number of nitrogens with two attached hydrogens (primary N) is 2. The van der Waals surface area contributed by atoms with E-state index in [1.54, 1.807) is 36.4 Å². The number of nitrogen functional groups attached to an aromatic ring is 2. The van der Waals surface area contributed by atoms with Gasteiger partial charge in [0, 0.05) is 0 Å². The lowest BCUT2D eigenvalue weighted by Gasteiger charge is -2.14. The number of phenolic OH excluding ortho intramolecular Hbond substituents is 2. The van der Waals surface area contributed by atoms with Gasteiger partial charge >= 0.3 is 0 Å². The molecule has 0 saturated heterocycles. The minimum Gasteiger partial charge on any atom is -0.505 e. The second kappa shape index (κ2) is 20.0. The van der Waals surface area contributed by atoms with Gasteiger partial charge in [0.25, 0.3) is 40.5 Å². The summed E-state index contributed by atoms with van der Waals surface area (Å²) >= 11 is 0. The van der Waals surface area contributed by atoms with Crippen LogP contribution < -0.4 is 11.5 Å². The average molecular weight is 1080 g/mol. The molecule has 8 rings (SSSR count). The van der Waals surface area contributed by atoms with Crippen LogP contribution in [0.3, 0.4) is 0 Å². The maximum Gasteiger partial charge on any atom is 0.296 e. The van der Waals surface area contributed by atoms with Crippen molar-refractivity contribution in [3.63, 3.8) is 0 Å². The molecule has 0 spiro atoms. The molecule has 8 aromatic rings. The number of anilines is 2. The predicted octanol–water partition coefficient (Wildman–Crippen LogP) is 11.6. The first-order valence-corrected chi connectivity index (χ1v) is 26.2. The van der Waals surface area contributed by atoms with E-state index in [0.29, 0.717) is 0 Å². The first-order chi connectivity index (χ1) is 34.9. The molecule has 0 aliphatic heterocycles. The summed E-state index contributed by atoms with van der Waals surface area (Å²) in [5.74, 6) is -1.88. The molecule has 30 heteroatoms. The van der Waals surface area contributed by atoms with Crippen LogP contribution >= 0.6 is 0 Å². The van der Waals surface area contributed by atoms with Crippen LogP contribution in [-0.2, 0) is 40.5 Å². The Kier molecular flexibility index (Phi) is 13.9. The maximum absolute atomic E-state index is 12.5. The van der Waals surface area contributed by atoms with Crippen LogP contribution in [0, 0.1) is 0 Å². The zero-order valence-corrected chi connectivity index (χ0v) is 40.2. The number of aromatic hydroxyl groups is 2. The van der Waals surface area contributed by atoms with Gasteiger partial charge in [-0.15, -0.1) is 20.5 Å². The molecule has 0 aliphatic rings. The molecule has 0 unspecified atom stereocenters. The van der Waals surface area contributed by atoms with Crippen molar-refractivity contribution in [2.24, 2.45) is 51.1 Å². The van der Waals surface area contributed by atoms with Crippen molar-refractivity contribution >= 4 is 130 Å². The zero-order valence-electron chi connectivity index (χ0n) is 36.9. The molecule has 26 nitrogen and oxygen atoms in total. The van der Waals surface area contributed by atoms with E-state index in [-0.39, 0.29) is 55.7 Å². The van der Waals surface area contributed by atoms with Gasteiger partial charge in [-0.1, -0.05) is 36.4 Å². The summed E-state index contributed by atoms with van der Waals surface area (Å²) in [5.41, 5.74) is 9.84. The quantitative estimate of drug-likeness (QED) is 0.0285. The number of hydrogen-bond acceptors (Lipinski definition) is 22. The molecule has 0 aromatic heterocycles. The first kappa shape index (κ1) is 51.5. The van der Waals surface area contributed by atoms with E-state index in [2.05, 4.69) is 51.1 Å². The van der Waals surface area contributed by atoms with Gasteiger partial charge in [0.1, 0.15) is 42.3 Å². The van der Waals surface area contributed by atoms with Crippen LogP contribution in [0.25, 0.3) is 21.5 Å². The molecule has 8 aromatic carbocycles. The van der Waals surface area contributed by atoms with Gasteiger partial charge in [-0.3, -0.25) is 18.2 Å². The first-order valence-electron chi connectivity index (χ1n) is 20.4. The number of phenols is 2. The number of benzene rings is 8. The number of azo groups is 5. The van der Waals surface area contributed by atoms with Crippen LogP contribution in [-0.4, -0.2) is 62.1 Å². The third-order valence-electron chi connectivity index (χ3n) is 10.3. The second-order valence-corrected chi connectivity index (χ2v) is 20.8. The molecule has 0 amide bonds. The highest BCUT2D eigenvalue weighted by Crippen LogP contribution is 2.50.